The number of rotatable bonds is 6. The van der Waals surface area contributed by atoms with E-state index in [9.17, 15) is 14.4 Å². The fraction of sp³-hybridized carbons (Fsp3) is 0.450. The Bertz CT molecular complexity index is 1010. The predicted molar refractivity (Wildman–Crippen MR) is 101 cm³/mol. The summed E-state index contributed by atoms with van der Waals surface area (Å²) in [6.07, 6.45) is 0.592. The Morgan fingerprint density at radius 2 is 2.23 bits per heavy atom. The van der Waals surface area contributed by atoms with E-state index in [0.717, 1.165) is 0 Å². The third kappa shape index (κ3) is 2.40. The summed E-state index contributed by atoms with van der Waals surface area (Å²) in [7, 11) is 1.54. The fourth-order valence-corrected chi connectivity index (χ4v) is 5.09. The van der Waals surface area contributed by atoms with Crippen LogP contribution < -0.4 is 16.4 Å². The van der Waals surface area contributed by atoms with Crippen molar-refractivity contribution >= 4 is 17.7 Å². The molecule has 5 rings (SSSR count). The first-order chi connectivity index (χ1) is 14.4. The number of carbonyl (C=O) groups excluding carboxylic acids is 3. The molecule has 0 radical (unpaired) electrons. The lowest BCUT2D eigenvalue weighted by Gasteiger charge is -2.39. The van der Waals surface area contributed by atoms with Crippen molar-refractivity contribution in [3.05, 3.63) is 46.7 Å². The van der Waals surface area contributed by atoms with E-state index in [0.29, 0.717) is 29.1 Å². The van der Waals surface area contributed by atoms with E-state index < -0.39 is 17.7 Å². The highest BCUT2D eigenvalue weighted by atomic mass is 16.6. The number of hydrogen-bond donors (Lipinski definition) is 3. The molecule has 4 heterocycles. The van der Waals surface area contributed by atoms with Crippen LogP contribution in [0.15, 0.2) is 45.4 Å². The number of Topliss-reactive ketones (excluding diaryl/α,β-unsaturated/α-hetero) is 2. The Morgan fingerprint density at radius 3 is 2.90 bits per heavy atom. The number of hydrogen-bond acceptors (Lipinski definition) is 9. The van der Waals surface area contributed by atoms with E-state index >= 15 is 0 Å². The number of methoxy groups -OCH3 is 1. The van der Waals surface area contributed by atoms with Gasteiger partial charge >= 0.3 is 6.09 Å². The average Bonchev–Trinajstić information content (AvgIpc) is 3.08. The number of nitrogens with one attached hydrogen (secondary N) is 2. The van der Waals surface area contributed by atoms with Gasteiger partial charge in [-0.2, -0.15) is 0 Å². The number of amides is 1. The van der Waals surface area contributed by atoms with Gasteiger partial charge in [-0.05, 0) is 19.1 Å². The molecule has 0 saturated carbocycles. The van der Waals surface area contributed by atoms with Crippen LogP contribution >= 0.6 is 0 Å². The van der Waals surface area contributed by atoms with E-state index in [4.69, 9.17) is 19.6 Å². The fourth-order valence-electron chi connectivity index (χ4n) is 5.09. The minimum absolute atomic E-state index is 0.0741. The summed E-state index contributed by atoms with van der Waals surface area (Å²) in [5, 5.41) is 6.37. The van der Waals surface area contributed by atoms with E-state index in [1.165, 1.54) is 13.4 Å². The highest BCUT2D eigenvalue weighted by Crippen LogP contribution is 2.55. The lowest BCUT2D eigenvalue weighted by atomic mass is 9.82. The summed E-state index contributed by atoms with van der Waals surface area (Å²) in [4.78, 5) is 40.1. The molecule has 158 valence electrons. The molecule has 0 aromatic carbocycles. The normalized spacial score (nSPS) is 31.7. The molecule has 2 fully saturated rings. The third-order valence-electron chi connectivity index (χ3n) is 6.45. The number of allylic oxidation sites excluding steroid dienone is 2. The minimum atomic E-state index is -0.979. The van der Waals surface area contributed by atoms with Crippen LogP contribution in [-0.2, 0) is 25.6 Å². The zero-order valence-corrected chi connectivity index (χ0v) is 16.6. The van der Waals surface area contributed by atoms with E-state index in [1.54, 1.807) is 19.1 Å². The Hall–Kier alpha value is -3.11. The van der Waals surface area contributed by atoms with Crippen molar-refractivity contribution in [3.8, 4) is 0 Å². The van der Waals surface area contributed by atoms with Crippen LogP contribution in [0, 0.1) is 5.92 Å². The molecule has 1 aliphatic carbocycles. The molecule has 4 aliphatic rings. The largest absolute Gasteiger partial charge is 0.467 e. The Labute approximate surface area is 172 Å². The maximum absolute atomic E-state index is 13.6. The standard InChI is InChI=1S/C20H22N4O6/c1-9-14(22-6-10-4-3-5-29-10)17(26)13-11(8-30-19(21)27)20(28-2)18-12(23-18)7-24(20)15(13)16(9)25/h3-5,11-12,18,22-23H,6-8H2,1-2H3,(H2,21,27)/t11-,12+,18+,20-/m1/s1. The predicted octanol–water partition coefficient (Wildman–Crippen LogP) is -0.227. The van der Waals surface area contributed by atoms with Gasteiger partial charge in [-0.1, -0.05) is 0 Å². The average molecular weight is 414 g/mol. The van der Waals surface area contributed by atoms with Gasteiger partial charge in [0.15, 0.2) is 5.72 Å². The van der Waals surface area contributed by atoms with Gasteiger partial charge in [-0.3, -0.25) is 9.59 Å². The zero-order chi connectivity index (χ0) is 21.2. The molecule has 1 amide bonds. The third-order valence-corrected chi connectivity index (χ3v) is 6.45. The van der Waals surface area contributed by atoms with Gasteiger partial charge in [-0.25, -0.2) is 4.79 Å². The van der Waals surface area contributed by atoms with Crippen LogP contribution in [0.4, 0.5) is 4.79 Å². The molecule has 4 atom stereocenters. The van der Waals surface area contributed by atoms with E-state index in [2.05, 4.69) is 10.6 Å². The number of fused-ring (bicyclic) bond motifs is 4. The topological polar surface area (TPSA) is 146 Å². The lowest BCUT2D eigenvalue weighted by molar-refractivity contribution is -0.137. The second-order valence-corrected chi connectivity index (χ2v) is 7.85. The summed E-state index contributed by atoms with van der Waals surface area (Å²) >= 11 is 0. The molecule has 1 aromatic heterocycles. The van der Waals surface area contributed by atoms with Crippen LogP contribution in [0.25, 0.3) is 0 Å². The van der Waals surface area contributed by atoms with Crippen molar-refractivity contribution in [1.29, 1.82) is 0 Å². The number of piperazine rings is 1. The van der Waals surface area contributed by atoms with Gasteiger partial charge in [-0.15, -0.1) is 0 Å². The molecule has 0 unspecified atom stereocenters. The van der Waals surface area contributed by atoms with Gasteiger partial charge in [0.25, 0.3) is 0 Å². The molecule has 3 aliphatic heterocycles. The van der Waals surface area contributed by atoms with E-state index in [-0.39, 0.29) is 42.5 Å². The van der Waals surface area contributed by atoms with Crippen molar-refractivity contribution in [3.63, 3.8) is 0 Å². The number of nitrogens with two attached hydrogens (primary N) is 1. The number of nitrogens with zero attached hydrogens (tertiary/aromatic N) is 1. The number of ketones is 2. The van der Waals surface area contributed by atoms with Crippen molar-refractivity contribution in [2.45, 2.75) is 31.3 Å². The molecule has 10 heteroatoms. The molecule has 2 saturated heterocycles. The first-order valence-corrected chi connectivity index (χ1v) is 9.72. The van der Waals surface area contributed by atoms with Crippen molar-refractivity contribution in [1.82, 2.24) is 15.5 Å². The molecule has 0 spiro atoms. The number of carbonyl (C=O) groups is 3. The van der Waals surface area contributed by atoms with Crippen molar-refractivity contribution in [2.75, 3.05) is 20.3 Å². The SMILES string of the molecule is CO[C@@]12[C@H](COC(N)=O)C3=C(C(=O)C(C)=C(NCc4ccco4)C3=O)N1C[C@@H]1N[C@@H]12. The minimum Gasteiger partial charge on any atom is -0.467 e. The first-order valence-electron chi connectivity index (χ1n) is 9.72. The van der Waals surface area contributed by atoms with Crippen LogP contribution in [0.5, 0.6) is 0 Å². The quantitative estimate of drug-likeness (QED) is 0.424. The molecule has 30 heavy (non-hydrogen) atoms. The van der Waals surface area contributed by atoms with Crippen LogP contribution in [0.2, 0.25) is 0 Å². The zero-order valence-electron chi connectivity index (χ0n) is 16.6. The Morgan fingerprint density at radius 1 is 1.43 bits per heavy atom. The van der Waals surface area contributed by atoms with Gasteiger partial charge in [0.2, 0.25) is 11.6 Å². The number of primary amides is 1. The van der Waals surface area contributed by atoms with Gasteiger partial charge < -0.3 is 35.2 Å². The Kier molecular flexibility index (Phi) is 4.06. The molecule has 0 bridgehead atoms. The maximum Gasteiger partial charge on any atom is 0.404 e. The second-order valence-electron chi connectivity index (χ2n) is 7.85. The smallest absolute Gasteiger partial charge is 0.404 e. The molecular weight excluding hydrogens is 392 g/mol. The summed E-state index contributed by atoms with van der Waals surface area (Å²) < 4.78 is 16.3. The van der Waals surface area contributed by atoms with Crippen LogP contribution in [0.1, 0.15) is 12.7 Å². The molecule has 1 aromatic rings. The summed E-state index contributed by atoms with van der Waals surface area (Å²) in [5.41, 5.74) is 5.38. The van der Waals surface area contributed by atoms with Crippen LogP contribution in [-0.4, -0.2) is 60.6 Å². The lowest BCUT2D eigenvalue weighted by Crippen LogP contribution is -2.55. The first kappa shape index (κ1) is 18.9. The van der Waals surface area contributed by atoms with Gasteiger partial charge in [0, 0.05) is 30.8 Å². The van der Waals surface area contributed by atoms with Crippen molar-refractivity contribution in [2.24, 2.45) is 11.7 Å². The van der Waals surface area contributed by atoms with Crippen molar-refractivity contribution < 1.29 is 28.3 Å². The summed E-state index contributed by atoms with van der Waals surface area (Å²) in [6.45, 7) is 2.26. The Balaban J connectivity index is 1.53. The van der Waals surface area contributed by atoms with Gasteiger partial charge in [0.1, 0.15) is 12.4 Å². The monoisotopic (exact) mass is 414 g/mol. The maximum atomic E-state index is 13.6. The summed E-state index contributed by atoms with van der Waals surface area (Å²) in [5.74, 6) is -0.570. The van der Waals surface area contributed by atoms with Gasteiger partial charge in [0.05, 0.1) is 36.2 Å². The summed E-state index contributed by atoms with van der Waals surface area (Å²) in [6, 6.07) is 3.60. The highest BCUT2D eigenvalue weighted by molar-refractivity contribution is 6.25. The number of furan rings is 1. The number of ether oxygens (including phenoxy) is 2. The van der Waals surface area contributed by atoms with E-state index in [1.807, 2.05) is 4.90 Å². The molecular formula is C20H22N4O6. The highest BCUT2D eigenvalue weighted by Gasteiger charge is 2.72. The second kappa shape index (κ2) is 6.44. The van der Waals surface area contributed by atoms with Crippen LogP contribution in [0.3, 0.4) is 0 Å². The molecule has 4 N–H and O–H groups in total. The molecule has 10 nitrogen and oxygen atoms in total.